The highest BCUT2D eigenvalue weighted by Gasteiger charge is 2.16. The number of ether oxygens (including phenoxy) is 2. The molecule has 0 N–H and O–H groups in total. The van der Waals surface area contributed by atoms with E-state index in [1.807, 2.05) is 24.5 Å². The van der Waals surface area contributed by atoms with E-state index in [0.717, 1.165) is 24.8 Å². The molecular formula is C25H36N2O3. The first-order valence-electron chi connectivity index (χ1n) is 11.4. The van der Waals surface area contributed by atoms with Gasteiger partial charge in [0.1, 0.15) is 5.75 Å². The summed E-state index contributed by atoms with van der Waals surface area (Å²) in [5.41, 5.74) is 2.07. The monoisotopic (exact) mass is 412 g/mol. The Bertz CT molecular complexity index is 729. The third kappa shape index (κ3) is 8.62. The summed E-state index contributed by atoms with van der Waals surface area (Å²) in [4.78, 5) is 21.1. The van der Waals surface area contributed by atoms with Crippen LogP contribution in [-0.4, -0.2) is 28.6 Å². The van der Waals surface area contributed by atoms with Crippen LogP contribution in [0.2, 0.25) is 0 Å². The molecule has 1 atom stereocenters. The lowest BCUT2D eigenvalue weighted by Crippen LogP contribution is -2.26. The van der Waals surface area contributed by atoms with E-state index in [9.17, 15) is 4.79 Å². The number of aryl methyl sites for hydroxylation is 1. The second kappa shape index (κ2) is 13.9. The van der Waals surface area contributed by atoms with Crippen LogP contribution in [0.4, 0.5) is 0 Å². The van der Waals surface area contributed by atoms with Gasteiger partial charge in [0.2, 0.25) is 0 Å². The number of benzene rings is 1. The number of aromatic nitrogens is 2. The van der Waals surface area contributed by atoms with Gasteiger partial charge in [-0.05, 0) is 56.0 Å². The van der Waals surface area contributed by atoms with Crippen LogP contribution < -0.4 is 4.74 Å². The zero-order valence-electron chi connectivity index (χ0n) is 18.7. The minimum Gasteiger partial charge on any atom is -0.425 e. The van der Waals surface area contributed by atoms with Crippen molar-refractivity contribution in [2.45, 2.75) is 84.7 Å². The number of unbranched alkanes of at least 4 members (excludes halogenated alkanes) is 6. The molecule has 0 radical (unpaired) electrons. The number of hydrogen-bond donors (Lipinski definition) is 0. The number of carbonyl (C=O) groups excluding carboxylic acids is 1. The van der Waals surface area contributed by atoms with E-state index in [0.29, 0.717) is 18.2 Å². The van der Waals surface area contributed by atoms with Crippen LogP contribution in [0.5, 0.6) is 5.75 Å². The normalized spacial score (nSPS) is 12.0. The molecule has 0 bridgehead atoms. The van der Waals surface area contributed by atoms with E-state index >= 15 is 0 Å². The van der Waals surface area contributed by atoms with Crippen LogP contribution in [-0.2, 0) is 16.0 Å². The minimum atomic E-state index is -0.570. The van der Waals surface area contributed by atoms with Crippen molar-refractivity contribution in [3.8, 4) is 17.1 Å². The molecule has 1 aromatic heterocycles. The van der Waals surface area contributed by atoms with Gasteiger partial charge in [0.15, 0.2) is 11.9 Å². The number of esters is 1. The molecule has 1 heterocycles. The average Bonchev–Trinajstić information content (AvgIpc) is 2.77. The molecule has 0 aliphatic carbocycles. The van der Waals surface area contributed by atoms with Crippen LogP contribution in [0, 0.1) is 0 Å². The molecule has 5 heteroatoms. The maximum absolute atomic E-state index is 12.2. The van der Waals surface area contributed by atoms with Gasteiger partial charge in [0.05, 0.1) is 0 Å². The molecule has 0 saturated carbocycles. The molecular weight excluding hydrogens is 376 g/mol. The molecule has 1 unspecified atom stereocenters. The van der Waals surface area contributed by atoms with Crippen LogP contribution in [0.1, 0.15) is 77.7 Å². The van der Waals surface area contributed by atoms with Crippen LogP contribution >= 0.6 is 0 Å². The SMILES string of the molecule is CCCCCCOC(C)C(=O)Oc1ccc(-c2ncc(CCCCCC)cn2)cc1. The topological polar surface area (TPSA) is 61.3 Å². The quantitative estimate of drug-likeness (QED) is 0.211. The summed E-state index contributed by atoms with van der Waals surface area (Å²) in [6, 6.07) is 7.27. The maximum atomic E-state index is 12.2. The largest absolute Gasteiger partial charge is 0.425 e. The van der Waals surface area contributed by atoms with Gasteiger partial charge in [-0.15, -0.1) is 0 Å². The van der Waals surface area contributed by atoms with Crippen LogP contribution in [0.15, 0.2) is 36.7 Å². The van der Waals surface area contributed by atoms with E-state index in [2.05, 4.69) is 23.8 Å². The van der Waals surface area contributed by atoms with Gasteiger partial charge in [0, 0.05) is 24.6 Å². The van der Waals surface area contributed by atoms with Crippen molar-refractivity contribution in [2.75, 3.05) is 6.61 Å². The van der Waals surface area contributed by atoms with Crippen molar-refractivity contribution in [2.24, 2.45) is 0 Å². The van der Waals surface area contributed by atoms with Crippen molar-refractivity contribution in [3.63, 3.8) is 0 Å². The summed E-state index contributed by atoms with van der Waals surface area (Å²) < 4.78 is 11.0. The van der Waals surface area contributed by atoms with E-state index < -0.39 is 6.10 Å². The smallest absolute Gasteiger partial charge is 0.340 e. The third-order valence-electron chi connectivity index (χ3n) is 5.05. The Hall–Kier alpha value is -2.27. The highest BCUT2D eigenvalue weighted by atomic mass is 16.6. The average molecular weight is 413 g/mol. The van der Waals surface area contributed by atoms with Crippen molar-refractivity contribution in [1.29, 1.82) is 0 Å². The molecule has 0 fully saturated rings. The Kier molecular flexibility index (Phi) is 11.1. The van der Waals surface area contributed by atoms with Gasteiger partial charge < -0.3 is 9.47 Å². The Morgan fingerprint density at radius 1 is 0.900 bits per heavy atom. The first kappa shape index (κ1) is 24.0. The molecule has 2 aromatic rings. The second-order valence-electron chi connectivity index (χ2n) is 7.74. The molecule has 0 saturated heterocycles. The van der Waals surface area contributed by atoms with Crippen molar-refractivity contribution in [1.82, 2.24) is 9.97 Å². The predicted molar refractivity (Wildman–Crippen MR) is 121 cm³/mol. The lowest BCUT2D eigenvalue weighted by atomic mass is 10.1. The number of hydrogen-bond acceptors (Lipinski definition) is 5. The Labute approximate surface area is 181 Å². The fourth-order valence-electron chi connectivity index (χ4n) is 3.12. The predicted octanol–water partition coefficient (Wildman–Crippen LogP) is 6.16. The maximum Gasteiger partial charge on any atom is 0.340 e. The number of nitrogens with zero attached hydrogens (tertiary/aromatic N) is 2. The lowest BCUT2D eigenvalue weighted by Gasteiger charge is -2.12. The molecule has 2 rings (SSSR count). The van der Waals surface area contributed by atoms with E-state index in [-0.39, 0.29) is 5.97 Å². The molecule has 5 nitrogen and oxygen atoms in total. The second-order valence-corrected chi connectivity index (χ2v) is 7.74. The van der Waals surface area contributed by atoms with E-state index in [1.165, 1.54) is 44.1 Å². The first-order valence-corrected chi connectivity index (χ1v) is 11.4. The van der Waals surface area contributed by atoms with Crippen LogP contribution in [0.25, 0.3) is 11.4 Å². The van der Waals surface area contributed by atoms with Gasteiger partial charge in [-0.2, -0.15) is 0 Å². The summed E-state index contributed by atoms with van der Waals surface area (Å²) in [7, 11) is 0. The van der Waals surface area contributed by atoms with Gasteiger partial charge in [-0.3, -0.25) is 0 Å². The molecule has 164 valence electrons. The summed E-state index contributed by atoms with van der Waals surface area (Å²) in [5, 5.41) is 0. The molecule has 0 aliphatic heterocycles. The number of carbonyl (C=O) groups is 1. The van der Waals surface area contributed by atoms with Crippen LogP contribution in [0.3, 0.4) is 0 Å². The zero-order chi connectivity index (χ0) is 21.6. The fourth-order valence-corrected chi connectivity index (χ4v) is 3.12. The van der Waals surface area contributed by atoms with Crippen molar-refractivity contribution in [3.05, 3.63) is 42.2 Å². The molecule has 30 heavy (non-hydrogen) atoms. The van der Waals surface area contributed by atoms with Gasteiger partial charge in [-0.1, -0.05) is 52.4 Å². The summed E-state index contributed by atoms with van der Waals surface area (Å²) in [6.45, 7) is 6.70. The third-order valence-corrected chi connectivity index (χ3v) is 5.05. The van der Waals surface area contributed by atoms with Crippen molar-refractivity contribution >= 4 is 5.97 Å². The Morgan fingerprint density at radius 3 is 2.17 bits per heavy atom. The molecule has 1 aromatic carbocycles. The standard InChI is InChI=1S/C25H36N2O3/c1-4-6-8-10-12-21-18-26-24(27-19-21)22-13-15-23(16-14-22)30-25(28)20(3)29-17-11-9-7-5-2/h13-16,18-20H,4-12,17H2,1-3H3. The molecule has 0 amide bonds. The summed E-state index contributed by atoms with van der Waals surface area (Å²) in [6.07, 6.45) is 13.7. The molecule has 0 spiro atoms. The molecule has 0 aliphatic rings. The van der Waals surface area contributed by atoms with Gasteiger partial charge >= 0.3 is 5.97 Å². The lowest BCUT2D eigenvalue weighted by molar-refractivity contribution is -0.146. The summed E-state index contributed by atoms with van der Waals surface area (Å²) >= 11 is 0. The highest BCUT2D eigenvalue weighted by molar-refractivity contribution is 5.77. The Balaban J connectivity index is 1.80. The van der Waals surface area contributed by atoms with E-state index in [1.54, 1.807) is 19.1 Å². The van der Waals surface area contributed by atoms with Gasteiger partial charge in [-0.25, -0.2) is 14.8 Å². The summed E-state index contributed by atoms with van der Waals surface area (Å²) in [5.74, 6) is 0.800. The Morgan fingerprint density at radius 2 is 1.53 bits per heavy atom. The van der Waals surface area contributed by atoms with E-state index in [4.69, 9.17) is 9.47 Å². The highest BCUT2D eigenvalue weighted by Crippen LogP contribution is 2.20. The van der Waals surface area contributed by atoms with Crippen molar-refractivity contribution < 1.29 is 14.3 Å². The first-order chi connectivity index (χ1) is 14.6. The minimum absolute atomic E-state index is 0.373. The number of rotatable bonds is 14. The zero-order valence-corrected chi connectivity index (χ0v) is 18.7. The fraction of sp³-hybridized carbons (Fsp3) is 0.560. The van der Waals surface area contributed by atoms with Gasteiger partial charge in [0.25, 0.3) is 0 Å².